The minimum atomic E-state index is -1.35. The molecule has 2 aliphatic rings. The quantitative estimate of drug-likeness (QED) is 0.863. The van der Waals surface area contributed by atoms with Gasteiger partial charge in [0, 0.05) is 17.7 Å². The Morgan fingerprint density at radius 1 is 1.23 bits per heavy atom. The van der Waals surface area contributed by atoms with Gasteiger partial charge in [-0.15, -0.1) is 0 Å². The molecule has 3 rings (SSSR count). The maximum atomic E-state index is 11.7. The van der Waals surface area contributed by atoms with Gasteiger partial charge in [-0.05, 0) is 24.6 Å². The number of hydrogen-bond acceptors (Lipinski definition) is 6. The maximum absolute atomic E-state index is 11.7. The summed E-state index contributed by atoms with van der Waals surface area (Å²) in [6.45, 7) is 1.67. The minimum Gasteiger partial charge on any atom is -0.504 e. The van der Waals surface area contributed by atoms with Gasteiger partial charge in [0.15, 0.2) is 23.0 Å². The van der Waals surface area contributed by atoms with E-state index in [1.165, 1.54) is 32.4 Å². The summed E-state index contributed by atoms with van der Waals surface area (Å²) in [5.74, 6) is 0.351. The van der Waals surface area contributed by atoms with Crippen LogP contribution in [0.2, 0.25) is 0 Å². The molecule has 6 nitrogen and oxygen atoms in total. The summed E-state index contributed by atoms with van der Waals surface area (Å²) >= 11 is 0. The second-order valence-corrected chi connectivity index (χ2v) is 5.25. The van der Waals surface area contributed by atoms with Crippen LogP contribution in [0, 0.1) is 0 Å². The second-order valence-electron chi connectivity index (χ2n) is 5.25. The van der Waals surface area contributed by atoms with Gasteiger partial charge >= 0.3 is 0 Å². The molecule has 0 fully saturated rings. The number of ketones is 1. The fourth-order valence-corrected chi connectivity index (χ4v) is 2.96. The number of benzene rings is 1. The van der Waals surface area contributed by atoms with Crippen LogP contribution in [-0.4, -0.2) is 35.8 Å². The number of fused-ring (bicyclic) bond motifs is 1. The molecule has 1 aromatic rings. The first-order valence-electron chi connectivity index (χ1n) is 6.71. The minimum absolute atomic E-state index is 0.148. The molecule has 1 aromatic carbocycles. The summed E-state index contributed by atoms with van der Waals surface area (Å²) in [5.41, 5.74) is -0.477. The topological polar surface area (TPSA) is 85.2 Å². The molecular formula is C16H16O6. The number of ether oxygens (including phenoxy) is 3. The molecule has 2 N–H and O–H groups in total. The van der Waals surface area contributed by atoms with E-state index in [9.17, 15) is 15.0 Å². The van der Waals surface area contributed by atoms with Gasteiger partial charge in [0.05, 0.1) is 14.2 Å². The lowest BCUT2D eigenvalue weighted by molar-refractivity contribution is -0.111. The monoisotopic (exact) mass is 304 g/mol. The van der Waals surface area contributed by atoms with E-state index in [1.54, 1.807) is 13.0 Å². The number of methoxy groups -OCH3 is 2. The van der Waals surface area contributed by atoms with Gasteiger partial charge in [0.2, 0.25) is 5.60 Å². The Kier molecular flexibility index (Phi) is 3.14. The molecule has 1 aliphatic heterocycles. The number of aliphatic hydroxyl groups is 1. The lowest BCUT2D eigenvalue weighted by Crippen LogP contribution is -2.44. The van der Waals surface area contributed by atoms with E-state index in [0.717, 1.165) is 0 Å². The fourth-order valence-electron chi connectivity index (χ4n) is 2.96. The molecule has 1 spiro atoms. The first-order chi connectivity index (χ1) is 10.4. The molecule has 0 amide bonds. The lowest BCUT2D eigenvalue weighted by Gasteiger charge is -2.35. The van der Waals surface area contributed by atoms with E-state index in [0.29, 0.717) is 16.9 Å². The molecule has 2 unspecified atom stereocenters. The average molecular weight is 304 g/mol. The first kappa shape index (κ1) is 14.5. The van der Waals surface area contributed by atoms with Crippen molar-refractivity contribution in [2.24, 2.45) is 0 Å². The molecule has 0 saturated carbocycles. The molecule has 1 heterocycles. The molecule has 0 saturated heterocycles. The van der Waals surface area contributed by atoms with Crippen molar-refractivity contribution in [2.45, 2.75) is 18.6 Å². The normalized spacial score (nSPS) is 26.2. The zero-order valence-electron chi connectivity index (χ0n) is 12.4. The molecular weight excluding hydrogens is 288 g/mol. The van der Waals surface area contributed by atoms with E-state index in [1.807, 2.05) is 0 Å². The number of aromatic hydroxyl groups is 1. The number of aliphatic hydroxyl groups excluding tert-OH is 1. The van der Waals surface area contributed by atoms with Crippen LogP contribution >= 0.6 is 0 Å². The van der Waals surface area contributed by atoms with Gasteiger partial charge in [-0.25, -0.2) is 0 Å². The molecule has 0 radical (unpaired) electrons. The predicted molar refractivity (Wildman–Crippen MR) is 76.8 cm³/mol. The highest BCUT2D eigenvalue weighted by atomic mass is 16.6. The van der Waals surface area contributed by atoms with E-state index in [4.69, 9.17) is 14.2 Å². The number of carbonyl (C=O) groups is 1. The highest BCUT2D eigenvalue weighted by molar-refractivity contribution is 6.02. The van der Waals surface area contributed by atoms with E-state index in [-0.39, 0.29) is 23.0 Å². The highest BCUT2D eigenvalue weighted by Crippen LogP contribution is 2.55. The van der Waals surface area contributed by atoms with Crippen molar-refractivity contribution in [3.8, 4) is 17.2 Å². The van der Waals surface area contributed by atoms with Crippen LogP contribution in [0.25, 0.3) is 0 Å². The Morgan fingerprint density at radius 3 is 2.59 bits per heavy atom. The standard InChI is InChI=1S/C16H16O6/c1-8-4-9(17)5-13(21-3)16(8)15(19)11-6-10(20-2)7-12(18)14(11)22-16/h4-7,15,18-19H,1-3H3. The van der Waals surface area contributed by atoms with Crippen molar-refractivity contribution in [3.05, 3.63) is 41.2 Å². The van der Waals surface area contributed by atoms with Gasteiger partial charge < -0.3 is 24.4 Å². The Morgan fingerprint density at radius 2 is 1.95 bits per heavy atom. The van der Waals surface area contributed by atoms with Gasteiger partial charge in [-0.1, -0.05) is 0 Å². The fraction of sp³-hybridized carbons (Fsp3) is 0.312. The van der Waals surface area contributed by atoms with Crippen LogP contribution < -0.4 is 9.47 Å². The molecule has 1 aliphatic carbocycles. The summed E-state index contributed by atoms with van der Waals surface area (Å²) in [7, 11) is 2.86. The molecule has 6 heteroatoms. The Balaban J connectivity index is 2.19. The molecule has 2 atom stereocenters. The summed E-state index contributed by atoms with van der Waals surface area (Å²) in [6.07, 6.45) is 1.52. The highest BCUT2D eigenvalue weighted by Gasteiger charge is 2.56. The number of hydrogen-bond donors (Lipinski definition) is 2. The number of allylic oxidation sites excluding steroid dienone is 2. The number of rotatable bonds is 2. The SMILES string of the molecule is COC1=CC(=O)C=C(C)C12Oc1c(O)cc(OC)cc1C2O. The van der Waals surface area contributed by atoms with Crippen molar-refractivity contribution < 1.29 is 29.2 Å². The summed E-state index contributed by atoms with van der Waals surface area (Å²) in [4.78, 5) is 11.7. The van der Waals surface area contributed by atoms with Crippen molar-refractivity contribution in [2.75, 3.05) is 14.2 Å². The summed E-state index contributed by atoms with van der Waals surface area (Å²) < 4.78 is 16.2. The van der Waals surface area contributed by atoms with Crippen LogP contribution in [0.4, 0.5) is 0 Å². The Hall–Kier alpha value is -2.47. The third-order valence-electron chi connectivity index (χ3n) is 4.05. The summed E-state index contributed by atoms with van der Waals surface area (Å²) in [6, 6.07) is 2.99. The van der Waals surface area contributed by atoms with Crippen molar-refractivity contribution in [3.63, 3.8) is 0 Å². The van der Waals surface area contributed by atoms with Crippen molar-refractivity contribution in [1.82, 2.24) is 0 Å². The van der Waals surface area contributed by atoms with Crippen LogP contribution in [0.5, 0.6) is 17.2 Å². The van der Waals surface area contributed by atoms with Gasteiger partial charge in [0.25, 0.3) is 0 Å². The number of phenols is 1. The number of carbonyl (C=O) groups excluding carboxylic acids is 1. The van der Waals surface area contributed by atoms with E-state index < -0.39 is 11.7 Å². The Bertz CT molecular complexity index is 718. The zero-order valence-corrected chi connectivity index (χ0v) is 12.4. The van der Waals surface area contributed by atoms with Crippen molar-refractivity contribution in [1.29, 1.82) is 0 Å². The third-order valence-corrected chi connectivity index (χ3v) is 4.05. The molecule has 0 aromatic heterocycles. The van der Waals surface area contributed by atoms with E-state index >= 15 is 0 Å². The number of phenolic OH excluding ortho intramolecular Hbond substituents is 1. The van der Waals surface area contributed by atoms with Gasteiger partial charge in [-0.3, -0.25) is 4.79 Å². The predicted octanol–water partition coefficient (Wildman–Crippen LogP) is 1.62. The van der Waals surface area contributed by atoms with Crippen LogP contribution in [0.1, 0.15) is 18.6 Å². The molecule has 22 heavy (non-hydrogen) atoms. The van der Waals surface area contributed by atoms with Crippen LogP contribution in [0.3, 0.4) is 0 Å². The first-order valence-corrected chi connectivity index (χ1v) is 6.71. The van der Waals surface area contributed by atoms with Crippen LogP contribution in [-0.2, 0) is 9.53 Å². The largest absolute Gasteiger partial charge is 0.504 e. The van der Waals surface area contributed by atoms with Crippen molar-refractivity contribution >= 4 is 5.78 Å². The third kappa shape index (κ3) is 1.74. The van der Waals surface area contributed by atoms with Crippen LogP contribution in [0.15, 0.2) is 35.6 Å². The van der Waals surface area contributed by atoms with Gasteiger partial charge in [0.1, 0.15) is 11.9 Å². The molecule has 116 valence electrons. The second kappa shape index (κ2) is 4.78. The summed E-state index contributed by atoms with van der Waals surface area (Å²) in [5, 5.41) is 20.9. The molecule has 0 bridgehead atoms. The maximum Gasteiger partial charge on any atom is 0.217 e. The smallest absolute Gasteiger partial charge is 0.217 e. The van der Waals surface area contributed by atoms with E-state index in [2.05, 4.69) is 0 Å². The Labute approximate surface area is 127 Å². The zero-order chi connectivity index (χ0) is 16.1. The average Bonchev–Trinajstić information content (AvgIpc) is 2.78. The lowest BCUT2D eigenvalue weighted by atomic mass is 9.81. The van der Waals surface area contributed by atoms with Gasteiger partial charge in [-0.2, -0.15) is 0 Å².